The Morgan fingerprint density at radius 1 is 1.28 bits per heavy atom. The molecule has 0 bridgehead atoms. The van der Waals surface area contributed by atoms with Gasteiger partial charge in [-0.1, -0.05) is 6.42 Å². The van der Waals surface area contributed by atoms with Crippen molar-refractivity contribution >= 4 is 11.9 Å². The second kappa shape index (κ2) is 8.55. The zero-order valence-electron chi connectivity index (χ0n) is 10.6. The number of rotatable bonds is 9. The lowest BCUT2D eigenvalue weighted by Gasteiger charge is -2.09. The molecule has 0 fully saturated rings. The minimum Gasteiger partial charge on any atom is -0.498 e. The van der Waals surface area contributed by atoms with Crippen LogP contribution in [-0.4, -0.2) is 29.6 Å². The highest BCUT2D eigenvalue weighted by molar-refractivity contribution is 5.75. The summed E-state index contributed by atoms with van der Waals surface area (Å²) in [6.45, 7) is 0.627. The molecule has 0 aromatic rings. The van der Waals surface area contributed by atoms with Crippen LogP contribution in [0.25, 0.3) is 0 Å². The first-order chi connectivity index (χ1) is 8.68. The Labute approximate surface area is 107 Å². The van der Waals surface area contributed by atoms with Gasteiger partial charge in [-0.3, -0.25) is 9.59 Å². The van der Waals surface area contributed by atoms with Crippen LogP contribution in [0.5, 0.6) is 0 Å². The lowest BCUT2D eigenvalue weighted by Crippen LogP contribution is -2.25. The topological polar surface area (TPSA) is 75.6 Å². The first kappa shape index (κ1) is 14.5. The SMILES string of the molecule is O=C(O)CCCCCNC(=O)CCC1CC=CO1. The van der Waals surface area contributed by atoms with Crippen molar-refractivity contribution in [2.24, 2.45) is 0 Å². The van der Waals surface area contributed by atoms with Crippen molar-refractivity contribution < 1.29 is 19.4 Å². The van der Waals surface area contributed by atoms with Gasteiger partial charge in [-0.2, -0.15) is 0 Å². The molecule has 0 radical (unpaired) electrons. The molecule has 5 heteroatoms. The van der Waals surface area contributed by atoms with E-state index in [0.29, 0.717) is 19.4 Å². The second-order valence-electron chi connectivity index (χ2n) is 4.46. The van der Waals surface area contributed by atoms with Gasteiger partial charge in [0.15, 0.2) is 0 Å². The van der Waals surface area contributed by atoms with E-state index in [-0.39, 0.29) is 18.4 Å². The summed E-state index contributed by atoms with van der Waals surface area (Å²) < 4.78 is 5.27. The number of carbonyl (C=O) groups excluding carboxylic acids is 1. The quantitative estimate of drug-likeness (QED) is 0.616. The fraction of sp³-hybridized carbons (Fsp3) is 0.692. The molecule has 0 aliphatic carbocycles. The van der Waals surface area contributed by atoms with Crippen LogP contribution in [0.4, 0.5) is 0 Å². The molecule has 1 aliphatic rings. The van der Waals surface area contributed by atoms with E-state index >= 15 is 0 Å². The summed E-state index contributed by atoms with van der Waals surface area (Å²) in [4.78, 5) is 21.7. The molecule has 1 rings (SSSR count). The first-order valence-electron chi connectivity index (χ1n) is 6.47. The summed E-state index contributed by atoms with van der Waals surface area (Å²) in [6, 6.07) is 0. The van der Waals surface area contributed by atoms with Crippen LogP contribution in [0.2, 0.25) is 0 Å². The van der Waals surface area contributed by atoms with Gasteiger partial charge >= 0.3 is 5.97 Å². The molecule has 1 aliphatic heterocycles. The van der Waals surface area contributed by atoms with Gasteiger partial charge in [-0.05, 0) is 25.3 Å². The standard InChI is InChI=1S/C13H21NO4/c15-12(8-7-11-5-4-10-18-11)14-9-3-1-2-6-13(16)17/h4,10-11H,1-3,5-9H2,(H,14,15)(H,16,17). The number of unbranched alkanes of at least 4 members (excludes halogenated alkanes) is 2. The molecule has 18 heavy (non-hydrogen) atoms. The van der Waals surface area contributed by atoms with E-state index < -0.39 is 5.97 Å². The average molecular weight is 255 g/mol. The highest BCUT2D eigenvalue weighted by atomic mass is 16.5. The summed E-state index contributed by atoms with van der Waals surface area (Å²) >= 11 is 0. The Morgan fingerprint density at radius 3 is 2.78 bits per heavy atom. The molecule has 0 saturated carbocycles. The van der Waals surface area contributed by atoms with Gasteiger partial charge in [0.1, 0.15) is 6.10 Å². The lowest BCUT2D eigenvalue weighted by molar-refractivity contribution is -0.137. The molecule has 0 aromatic carbocycles. The largest absolute Gasteiger partial charge is 0.498 e. The molecule has 1 unspecified atom stereocenters. The zero-order valence-corrected chi connectivity index (χ0v) is 10.6. The number of ether oxygens (including phenoxy) is 1. The number of amides is 1. The van der Waals surface area contributed by atoms with Gasteiger partial charge in [-0.25, -0.2) is 0 Å². The lowest BCUT2D eigenvalue weighted by atomic mass is 10.1. The Kier molecular flexibility index (Phi) is 6.91. The van der Waals surface area contributed by atoms with Crippen molar-refractivity contribution in [2.75, 3.05) is 6.54 Å². The summed E-state index contributed by atoms with van der Waals surface area (Å²) in [7, 11) is 0. The van der Waals surface area contributed by atoms with Crippen molar-refractivity contribution in [3.63, 3.8) is 0 Å². The van der Waals surface area contributed by atoms with E-state index in [1.807, 2.05) is 6.08 Å². The normalized spacial score (nSPS) is 17.4. The number of hydrogen-bond acceptors (Lipinski definition) is 3. The number of carbonyl (C=O) groups is 2. The second-order valence-corrected chi connectivity index (χ2v) is 4.46. The Morgan fingerprint density at radius 2 is 2.11 bits per heavy atom. The van der Waals surface area contributed by atoms with Crippen LogP contribution in [0, 0.1) is 0 Å². The predicted octanol–water partition coefficient (Wildman–Crippen LogP) is 1.83. The van der Waals surface area contributed by atoms with Crippen molar-refractivity contribution in [1.29, 1.82) is 0 Å². The van der Waals surface area contributed by atoms with Gasteiger partial charge in [0.05, 0.1) is 6.26 Å². The predicted molar refractivity (Wildman–Crippen MR) is 67.0 cm³/mol. The monoisotopic (exact) mass is 255 g/mol. The third-order valence-corrected chi connectivity index (χ3v) is 2.85. The maximum absolute atomic E-state index is 11.5. The number of carboxylic acids is 1. The fourth-order valence-electron chi connectivity index (χ4n) is 1.80. The van der Waals surface area contributed by atoms with Crippen LogP contribution in [-0.2, 0) is 14.3 Å². The molecule has 0 spiro atoms. The summed E-state index contributed by atoms with van der Waals surface area (Å²) in [6.07, 6.45) is 8.49. The van der Waals surface area contributed by atoms with Crippen LogP contribution < -0.4 is 5.32 Å². The fourth-order valence-corrected chi connectivity index (χ4v) is 1.80. The Balaban J connectivity index is 1.88. The van der Waals surface area contributed by atoms with Crippen LogP contribution in [0.3, 0.4) is 0 Å². The molecule has 0 saturated heterocycles. The third kappa shape index (κ3) is 6.93. The minimum absolute atomic E-state index is 0.0451. The molecule has 2 N–H and O–H groups in total. The van der Waals surface area contributed by atoms with E-state index in [4.69, 9.17) is 9.84 Å². The Bertz CT molecular complexity index is 293. The molecular formula is C13H21NO4. The van der Waals surface area contributed by atoms with E-state index in [2.05, 4.69) is 5.32 Å². The highest BCUT2D eigenvalue weighted by Crippen LogP contribution is 2.13. The number of hydrogen-bond donors (Lipinski definition) is 2. The number of nitrogens with one attached hydrogen (secondary N) is 1. The molecule has 0 aromatic heterocycles. The van der Waals surface area contributed by atoms with E-state index in [9.17, 15) is 9.59 Å². The molecule has 1 amide bonds. The van der Waals surface area contributed by atoms with Gasteiger partial charge in [0.25, 0.3) is 0 Å². The van der Waals surface area contributed by atoms with Crippen molar-refractivity contribution in [2.45, 2.75) is 51.0 Å². The summed E-state index contributed by atoms with van der Waals surface area (Å²) in [5, 5.41) is 11.3. The molecular weight excluding hydrogens is 234 g/mol. The van der Waals surface area contributed by atoms with Crippen LogP contribution in [0.1, 0.15) is 44.9 Å². The van der Waals surface area contributed by atoms with Crippen LogP contribution in [0.15, 0.2) is 12.3 Å². The minimum atomic E-state index is -0.760. The zero-order chi connectivity index (χ0) is 13.2. The van der Waals surface area contributed by atoms with Crippen LogP contribution >= 0.6 is 0 Å². The highest BCUT2D eigenvalue weighted by Gasteiger charge is 2.12. The van der Waals surface area contributed by atoms with E-state index in [1.54, 1.807) is 6.26 Å². The Hall–Kier alpha value is -1.52. The molecule has 1 heterocycles. The smallest absolute Gasteiger partial charge is 0.303 e. The van der Waals surface area contributed by atoms with Gasteiger partial charge in [0.2, 0.25) is 5.91 Å². The third-order valence-electron chi connectivity index (χ3n) is 2.85. The van der Waals surface area contributed by atoms with Gasteiger partial charge in [-0.15, -0.1) is 0 Å². The maximum Gasteiger partial charge on any atom is 0.303 e. The van der Waals surface area contributed by atoms with Crippen molar-refractivity contribution in [3.05, 3.63) is 12.3 Å². The number of aliphatic carboxylic acids is 1. The van der Waals surface area contributed by atoms with Crippen molar-refractivity contribution in [3.8, 4) is 0 Å². The van der Waals surface area contributed by atoms with Gasteiger partial charge in [0, 0.05) is 25.8 Å². The molecule has 102 valence electrons. The van der Waals surface area contributed by atoms with Crippen molar-refractivity contribution in [1.82, 2.24) is 5.32 Å². The molecule has 5 nitrogen and oxygen atoms in total. The summed E-state index contributed by atoms with van der Waals surface area (Å²) in [5.41, 5.74) is 0. The first-order valence-corrected chi connectivity index (χ1v) is 6.47. The maximum atomic E-state index is 11.5. The van der Waals surface area contributed by atoms with E-state index in [1.165, 1.54) is 0 Å². The summed E-state index contributed by atoms with van der Waals surface area (Å²) in [5.74, 6) is -0.715. The average Bonchev–Trinajstić information content (AvgIpc) is 2.83. The van der Waals surface area contributed by atoms with E-state index in [0.717, 1.165) is 25.7 Å². The molecule has 1 atom stereocenters. The number of carboxylic acid groups (broad SMARTS) is 1. The van der Waals surface area contributed by atoms with Gasteiger partial charge < -0.3 is 15.2 Å².